The van der Waals surface area contributed by atoms with Gasteiger partial charge < -0.3 is 10.1 Å². The second kappa shape index (κ2) is 5.29. The number of H-pyrrole nitrogens is 1. The lowest BCUT2D eigenvalue weighted by Crippen LogP contribution is -2.07. The van der Waals surface area contributed by atoms with Crippen molar-refractivity contribution in [3.63, 3.8) is 0 Å². The molecule has 0 unspecified atom stereocenters. The molecule has 3 rings (SSSR count). The Balaban J connectivity index is 2.17. The van der Waals surface area contributed by atoms with E-state index < -0.39 is 4.92 Å². The summed E-state index contributed by atoms with van der Waals surface area (Å²) in [5.41, 5.74) is 1.75. The molecule has 0 amide bonds. The smallest absolute Gasteiger partial charge is 0.270 e. The molecule has 0 fully saturated rings. The summed E-state index contributed by atoms with van der Waals surface area (Å²) in [7, 11) is 0. The Kier molecular flexibility index (Phi) is 3.41. The van der Waals surface area contributed by atoms with Crippen LogP contribution < -0.4 is 0 Å². The van der Waals surface area contributed by atoms with Gasteiger partial charge in [0.25, 0.3) is 5.69 Å². The number of aliphatic imine (C=N–C) groups is 1. The summed E-state index contributed by atoms with van der Waals surface area (Å²) in [6.45, 7) is 1.31. The lowest BCUT2D eigenvalue weighted by Gasteiger charge is -2.02. The molecule has 0 saturated heterocycles. The first-order valence-corrected chi connectivity index (χ1v) is 6.89. The van der Waals surface area contributed by atoms with Crippen LogP contribution in [0.25, 0.3) is 11.6 Å². The van der Waals surface area contributed by atoms with Gasteiger partial charge in [-0.15, -0.1) is 0 Å². The van der Waals surface area contributed by atoms with Gasteiger partial charge in [0, 0.05) is 36.4 Å². The van der Waals surface area contributed by atoms with Crippen molar-refractivity contribution in [2.45, 2.75) is 6.92 Å². The minimum atomic E-state index is -0.499. The van der Waals surface area contributed by atoms with Crippen LogP contribution in [-0.2, 0) is 0 Å². The van der Waals surface area contributed by atoms with Gasteiger partial charge in [0.15, 0.2) is 4.77 Å². The van der Waals surface area contributed by atoms with Crippen LogP contribution in [0.5, 0.6) is 5.88 Å². The van der Waals surface area contributed by atoms with Crippen molar-refractivity contribution in [1.29, 1.82) is 0 Å². The molecule has 0 saturated carbocycles. The van der Waals surface area contributed by atoms with Crippen molar-refractivity contribution in [2.24, 2.45) is 4.99 Å². The molecule has 8 nitrogen and oxygen atoms in total. The van der Waals surface area contributed by atoms with E-state index in [1.807, 2.05) is 0 Å². The molecule has 1 aliphatic heterocycles. The highest BCUT2D eigenvalue weighted by atomic mass is 32.1. The number of carbonyl (C=O) groups is 1. The quantitative estimate of drug-likeness (QED) is 0.499. The number of nitro groups is 1. The molecule has 1 aromatic carbocycles. The number of aromatic hydroxyl groups is 1. The topological polar surface area (TPSA) is 114 Å². The maximum atomic E-state index is 11.7. The Morgan fingerprint density at radius 3 is 2.91 bits per heavy atom. The van der Waals surface area contributed by atoms with Crippen LogP contribution in [0.4, 0.5) is 11.4 Å². The monoisotopic (exact) mass is 330 g/mol. The number of hydrogen-bond donors (Lipinski definition) is 2. The lowest BCUT2D eigenvalue weighted by atomic mass is 10.1. The van der Waals surface area contributed by atoms with Crippen LogP contribution >= 0.6 is 12.2 Å². The Morgan fingerprint density at radius 2 is 2.26 bits per heavy atom. The van der Waals surface area contributed by atoms with Gasteiger partial charge in [0.2, 0.25) is 11.8 Å². The third kappa shape index (κ3) is 2.46. The van der Waals surface area contributed by atoms with Crippen LogP contribution in [0, 0.1) is 14.9 Å². The van der Waals surface area contributed by atoms with Gasteiger partial charge in [-0.05, 0) is 24.4 Å². The summed E-state index contributed by atoms with van der Waals surface area (Å²) in [4.78, 5) is 28.7. The van der Waals surface area contributed by atoms with E-state index >= 15 is 0 Å². The standard InChI is InChI=1S/C14H10N4O4S/c1-7(19)17-12(13(20)16-14(17)23)4-8-6-15-11-3-2-9(18(21)22)5-10(8)11/h2-6,20H,1H3,(H,16,23)/b8-4+. The number of nitrogens with one attached hydrogen (secondary N) is 1. The maximum Gasteiger partial charge on any atom is 0.270 e. The molecule has 1 aliphatic rings. The van der Waals surface area contributed by atoms with E-state index in [0.29, 0.717) is 16.8 Å². The van der Waals surface area contributed by atoms with Crippen molar-refractivity contribution < 1.29 is 14.8 Å². The fourth-order valence-electron chi connectivity index (χ4n) is 2.33. The number of allylic oxidation sites excluding steroid dienone is 1. The predicted octanol–water partition coefficient (Wildman–Crippen LogP) is 3.08. The van der Waals surface area contributed by atoms with Crippen molar-refractivity contribution in [3.05, 3.63) is 44.3 Å². The highest BCUT2D eigenvalue weighted by Gasteiger charge is 2.19. The predicted molar refractivity (Wildman–Crippen MR) is 86.7 cm³/mol. The van der Waals surface area contributed by atoms with Crippen LogP contribution in [0.2, 0.25) is 0 Å². The number of aromatic nitrogens is 2. The van der Waals surface area contributed by atoms with Crippen molar-refractivity contribution in [3.8, 4) is 5.88 Å². The molecule has 0 radical (unpaired) electrons. The summed E-state index contributed by atoms with van der Waals surface area (Å²) >= 11 is 4.98. The van der Waals surface area contributed by atoms with E-state index in [9.17, 15) is 20.0 Å². The van der Waals surface area contributed by atoms with Crippen LogP contribution in [0.15, 0.2) is 23.2 Å². The summed E-state index contributed by atoms with van der Waals surface area (Å²) in [5, 5.41) is 20.8. The molecular formula is C14H10N4O4S. The normalized spacial score (nSPS) is 14.2. The van der Waals surface area contributed by atoms with Gasteiger partial charge in [0.1, 0.15) is 5.69 Å². The van der Waals surface area contributed by atoms with Crippen LogP contribution in [0.1, 0.15) is 23.0 Å². The number of carbonyl (C=O) groups excluding carboxylic acids is 1. The van der Waals surface area contributed by atoms with E-state index in [2.05, 4.69) is 9.98 Å². The largest absolute Gasteiger partial charge is 0.493 e. The minimum Gasteiger partial charge on any atom is -0.493 e. The number of rotatable bonds is 2. The van der Waals surface area contributed by atoms with E-state index in [1.165, 1.54) is 31.3 Å². The van der Waals surface area contributed by atoms with Crippen molar-refractivity contribution >= 4 is 47.4 Å². The average Bonchev–Trinajstić information content (AvgIpc) is 3.00. The fraction of sp³-hybridized carbons (Fsp3) is 0.0714. The Labute approximate surface area is 134 Å². The molecule has 0 bridgehead atoms. The third-order valence-corrected chi connectivity index (χ3v) is 3.65. The van der Waals surface area contributed by atoms with Gasteiger partial charge in [0.05, 0.1) is 10.6 Å². The Bertz CT molecular complexity index is 968. The van der Waals surface area contributed by atoms with Gasteiger partial charge >= 0.3 is 0 Å². The number of benzene rings is 1. The second-order valence-corrected chi connectivity index (χ2v) is 5.22. The van der Waals surface area contributed by atoms with Gasteiger partial charge in [-0.1, -0.05) is 0 Å². The number of fused-ring (bicyclic) bond motifs is 1. The maximum absolute atomic E-state index is 11.7. The number of nitrogens with zero attached hydrogens (tertiary/aromatic N) is 3. The van der Waals surface area contributed by atoms with Gasteiger partial charge in [-0.25, -0.2) is 0 Å². The first-order valence-electron chi connectivity index (χ1n) is 6.48. The average molecular weight is 330 g/mol. The Hall–Kier alpha value is -3.07. The summed E-state index contributed by atoms with van der Waals surface area (Å²) in [5.74, 6) is -0.627. The van der Waals surface area contributed by atoms with E-state index in [1.54, 1.807) is 6.07 Å². The van der Waals surface area contributed by atoms with E-state index in [-0.39, 0.29) is 27.9 Å². The van der Waals surface area contributed by atoms with E-state index in [4.69, 9.17) is 12.2 Å². The first-order chi connectivity index (χ1) is 10.9. The van der Waals surface area contributed by atoms with Gasteiger partial charge in [-0.2, -0.15) is 0 Å². The molecule has 2 aromatic rings. The molecule has 23 heavy (non-hydrogen) atoms. The number of non-ortho nitro benzene ring substituents is 1. The molecule has 0 spiro atoms. The summed E-state index contributed by atoms with van der Waals surface area (Å²) in [6, 6.07) is 4.30. The molecule has 1 aromatic heterocycles. The number of imidazole rings is 1. The summed E-state index contributed by atoms with van der Waals surface area (Å²) < 4.78 is 1.21. The molecule has 116 valence electrons. The zero-order chi connectivity index (χ0) is 16.7. The molecular weight excluding hydrogens is 320 g/mol. The lowest BCUT2D eigenvalue weighted by molar-refractivity contribution is -0.384. The zero-order valence-electron chi connectivity index (χ0n) is 11.8. The fourth-order valence-corrected chi connectivity index (χ4v) is 2.66. The third-order valence-electron chi connectivity index (χ3n) is 3.36. The van der Waals surface area contributed by atoms with Gasteiger partial charge in [-0.3, -0.25) is 24.5 Å². The highest BCUT2D eigenvalue weighted by molar-refractivity contribution is 7.71. The SMILES string of the molecule is CC(=O)n1c(/C=C2\C=Nc3ccc([N+](=O)[O-])cc32)c(O)[nH]c1=S. The Morgan fingerprint density at radius 1 is 1.52 bits per heavy atom. The summed E-state index contributed by atoms with van der Waals surface area (Å²) in [6.07, 6.45) is 3.01. The second-order valence-electron chi connectivity index (χ2n) is 4.83. The van der Waals surface area contributed by atoms with Crippen molar-refractivity contribution in [1.82, 2.24) is 9.55 Å². The highest BCUT2D eigenvalue weighted by Crippen LogP contribution is 2.36. The molecule has 9 heteroatoms. The minimum absolute atomic E-state index is 0.0658. The van der Waals surface area contributed by atoms with Crippen molar-refractivity contribution in [2.75, 3.05) is 0 Å². The molecule has 0 aliphatic carbocycles. The molecule has 2 N–H and O–H groups in total. The number of aromatic amines is 1. The molecule has 2 heterocycles. The van der Waals surface area contributed by atoms with E-state index in [0.717, 1.165) is 4.57 Å². The molecule has 0 atom stereocenters. The zero-order valence-corrected chi connectivity index (χ0v) is 12.6. The van der Waals surface area contributed by atoms with Crippen LogP contribution in [0.3, 0.4) is 0 Å². The first kappa shape index (κ1) is 14.9. The number of hydrogen-bond acceptors (Lipinski definition) is 6. The van der Waals surface area contributed by atoms with Crippen LogP contribution in [-0.4, -0.2) is 31.7 Å². The number of nitro benzene ring substituents is 1.